The monoisotopic (exact) mass is 310 g/mol. The fourth-order valence-corrected chi connectivity index (χ4v) is 1.88. The molecule has 0 unspecified atom stereocenters. The van der Waals surface area contributed by atoms with Gasteiger partial charge in [-0.25, -0.2) is 0 Å². The second-order valence-electron chi connectivity index (χ2n) is 2.69. The van der Waals surface area contributed by atoms with Gasteiger partial charge in [0.2, 0.25) is 0 Å². The molecule has 0 amide bonds. The summed E-state index contributed by atoms with van der Waals surface area (Å²) in [5, 5.41) is 3.99. The van der Waals surface area contributed by atoms with E-state index in [2.05, 4.69) is 27.9 Å². The Hall–Kier alpha value is -0.0000000000000000555. The molecule has 2 nitrogen and oxygen atoms in total. The molecule has 0 heterocycles. The summed E-state index contributed by atoms with van der Waals surface area (Å²) in [6.07, 6.45) is 0.961. The minimum absolute atomic E-state index is 0.703. The molecule has 0 aliphatic carbocycles. The van der Waals surface area contributed by atoms with E-state index < -0.39 is 0 Å². The van der Waals surface area contributed by atoms with Crippen LogP contribution in [-0.2, 0) is 0 Å². The van der Waals surface area contributed by atoms with Gasteiger partial charge in [0, 0.05) is 10.1 Å². The molecule has 0 aliphatic rings. The summed E-state index contributed by atoms with van der Waals surface area (Å²) in [5.41, 5.74) is 6.36. The Bertz CT molecular complexity index is 278. The summed E-state index contributed by atoms with van der Waals surface area (Å²) < 4.78 is 1.15. The first-order valence-corrected chi connectivity index (χ1v) is 5.58. The molecule has 0 spiro atoms. The lowest BCUT2D eigenvalue weighted by atomic mass is 10.3. The largest absolute Gasteiger partial charge is 0.384 e. The second kappa shape index (κ2) is 5.67. The molecule has 1 aromatic rings. The molecular weight excluding hydrogens is 298 g/mol. The smallest absolute Gasteiger partial charge is 0.0648 e. The molecule has 72 valence electrons. The maximum atomic E-state index is 6.01. The van der Waals surface area contributed by atoms with Gasteiger partial charge in [0.1, 0.15) is 0 Å². The third-order valence-electron chi connectivity index (χ3n) is 1.63. The number of anilines is 1. The molecule has 0 atom stereocenters. The normalized spacial score (nSPS) is 10.1. The molecule has 3 N–H and O–H groups in total. The third kappa shape index (κ3) is 3.70. The summed E-state index contributed by atoms with van der Waals surface area (Å²) >= 11 is 8.24. The van der Waals surface area contributed by atoms with E-state index in [1.165, 1.54) is 0 Å². The minimum Gasteiger partial charge on any atom is -0.384 e. The topological polar surface area (TPSA) is 38.0 Å². The zero-order chi connectivity index (χ0) is 9.68. The van der Waals surface area contributed by atoms with Crippen LogP contribution in [0, 0.1) is 3.57 Å². The van der Waals surface area contributed by atoms with Crippen LogP contribution in [0.5, 0.6) is 0 Å². The van der Waals surface area contributed by atoms with Crippen LogP contribution in [-0.4, -0.2) is 13.1 Å². The number of rotatable bonds is 4. The van der Waals surface area contributed by atoms with Crippen LogP contribution in [0.25, 0.3) is 0 Å². The number of nitrogens with one attached hydrogen (secondary N) is 1. The highest BCUT2D eigenvalue weighted by molar-refractivity contribution is 14.1. The van der Waals surface area contributed by atoms with Gasteiger partial charge >= 0.3 is 0 Å². The van der Waals surface area contributed by atoms with Crippen molar-refractivity contribution >= 4 is 39.9 Å². The molecule has 4 heteroatoms. The predicted molar refractivity (Wildman–Crippen MR) is 66.3 cm³/mol. The Morgan fingerprint density at radius 2 is 2.23 bits per heavy atom. The van der Waals surface area contributed by atoms with E-state index in [-0.39, 0.29) is 0 Å². The highest BCUT2D eigenvalue weighted by Crippen LogP contribution is 2.23. The van der Waals surface area contributed by atoms with Crippen molar-refractivity contribution in [2.24, 2.45) is 5.73 Å². The Labute approximate surface area is 97.0 Å². The van der Waals surface area contributed by atoms with Crippen molar-refractivity contribution in [3.63, 3.8) is 0 Å². The molecule has 1 aromatic carbocycles. The Morgan fingerprint density at radius 1 is 1.46 bits per heavy atom. The standard InChI is InChI=1S/C9H12ClIN2/c10-8-6-7(11)2-3-9(8)13-5-1-4-12/h2-3,6,13H,1,4-5,12H2. The van der Waals surface area contributed by atoms with E-state index in [0.717, 1.165) is 27.2 Å². The van der Waals surface area contributed by atoms with Crippen molar-refractivity contribution in [2.45, 2.75) is 6.42 Å². The van der Waals surface area contributed by atoms with Gasteiger partial charge in [-0.3, -0.25) is 0 Å². The summed E-state index contributed by atoms with van der Waals surface area (Å²) in [7, 11) is 0. The second-order valence-corrected chi connectivity index (χ2v) is 4.35. The van der Waals surface area contributed by atoms with Crippen LogP contribution >= 0.6 is 34.2 Å². The van der Waals surface area contributed by atoms with Crippen molar-refractivity contribution in [1.82, 2.24) is 0 Å². The van der Waals surface area contributed by atoms with Crippen LogP contribution < -0.4 is 11.1 Å². The highest BCUT2D eigenvalue weighted by atomic mass is 127. The number of hydrogen-bond acceptors (Lipinski definition) is 2. The zero-order valence-corrected chi connectivity index (χ0v) is 10.1. The number of nitrogens with two attached hydrogens (primary N) is 1. The van der Waals surface area contributed by atoms with Gasteiger partial charge in [-0.1, -0.05) is 11.6 Å². The molecule has 0 bridgehead atoms. The molecule has 0 fully saturated rings. The summed E-state index contributed by atoms with van der Waals surface area (Å²) in [4.78, 5) is 0. The van der Waals surface area contributed by atoms with E-state index in [1.807, 2.05) is 18.2 Å². The minimum atomic E-state index is 0.703. The fourth-order valence-electron chi connectivity index (χ4n) is 0.958. The molecule has 0 radical (unpaired) electrons. The predicted octanol–water partition coefficient (Wildman–Crippen LogP) is 2.71. The highest BCUT2D eigenvalue weighted by Gasteiger charge is 1.98. The maximum Gasteiger partial charge on any atom is 0.0648 e. The first-order valence-electron chi connectivity index (χ1n) is 4.13. The first-order chi connectivity index (χ1) is 6.24. The van der Waals surface area contributed by atoms with E-state index in [0.29, 0.717) is 6.54 Å². The summed E-state index contributed by atoms with van der Waals surface area (Å²) in [6.45, 7) is 1.58. The van der Waals surface area contributed by atoms with Gasteiger partial charge in [0.15, 0.2) is 0 Å². The number of hydrogen-bond donors (Lipinski definition) is 2. The summed E-state index contributed by atoms with van der Waals surface area (Å²) in [5.74, 6) is 0. The number of halogens is 2. The zero-order valence-electron chi connectivity index (χ0n) is 7.19. The quantitative estimate of drug-likeness (QED) is 0.663. The third-order valence-corrected chi connectivity index (χ3v) is 2.61. The molecule has 0 saturated heterocycles. The molecule has 0 aliphatic heterocycles. The molecule has 1 rings (SSSR count). The SMILES string of the molecule is NCCCNc1ccc(I)cc1Cl. The molecule has 0 aromatic heterocycles. The molecule has 0 saturated carbocycles. The van der Waals surface area contributed by atoms with Gasteiger partial charge in [-0.05, 0) is 53.8 Å². The lowest BCUT2D eigenvalue weighted by Crippen LogP contribution is -2.08. The first kappa shape index (κ1) is 11.1. The van der Waals surface area contributed by atoms with Crippen LogP contribution in [0.3, 0.4) is 0 Å². The van der Waals surface area contributed by atoms with Crippen molar-refractivity contribution in [3.05, 3.63) is 26.8 Å². The molecule has 13 heavy (non-hydrogen) atoms. The van der Waals surface area contributed by atoms with Gasteiger partial charge < -0.3 is 11.1 Å². The average molecular weight is 311 g/mol. The molecular formula is C9H12ClIN2. The van der Waals surface area contributed by atoms with Crippen molar-refractivity contribution in [1.29, 1.82) is 0 Å². The van der Waals surface area contributed by atoms with Gasteiger partial charge in [-0.15, -0.1) is 0 Å². The van der Waals surface area contributed by atoms with E-state index >= 15 is 0 Å². The number of benzene rings is 1. The van der Waals surface area contributed by atoms with Crippen LogP contribution in [0.15, 0.2) is 18.2 Å². The van der Waals surface area contributed by atoms with Crippen LogP contribution in [0.2, 0.25) is 5.02 Å². The fraction of sp³-hybridized carbons (Fsp3) is 0.333. The van der Waals surface area contributed by atoms with E-state index in [1.54, 1.807) is 0 Å². The van der Waals surface area contributed by atoms with E-state index in [9.17, 15) is 0 Å². The van der Waals surface area contributed by atoms with Crippen molar-refractivity contribution < 1.29 is 0 Å². The van der Waals surface area contributed by atoms with Crippen LogP contribution in [0.4, 0.5) is 5.69 Å². The lowest BCUT2D eigenvalue weighted by Gasteiger charge is -2.07. The average Bonchev–Trinajstić information content (AvgIpc) is 2.09. The Morgan fingerprint density at radius 3 is 2.85 bits per heavy atom. The lowest BCUT2D eigenvalue weighted by molar-refractivity contribution is 0.874. The van der Waals surface area contributed by atoms with Crippen molar-refractivity contribution in [3.8, 4) is 0 Å². The van der Waals surface area contributed by atoms with Gasteiger partial charge in [0.05, 0.1) is 10.7 Å². The maximum absolute atomic E-state index is 6.01. The van der Waals surface area contributed by atoms with Crippen LogP contribution in [0.1, 0.15) is 6.42 Å². The Balaban J connectivity index is 2.56. The summed E-state index contributed by atoms with van der Waals surface area (Å²) in [6, 6.07) is 5.95. The van der Waals surface area contributed by atoms with Crippen molar-refractivity contribution in [2.75, 3.05) is 18.4 Å². The van der Waals surface area contributed by atoms with E-state index in [4.69, 9.17) is 17.3 Å². The Kier molecular flexibility index (Phi) is 4.83. The van der Waals surface area contributed by atoms with Gasteiger partial charge in [-0.2, -0.15) is 0 Å². The van der Waals surface area contributed by atoms with Gasteiger partial charge in [0.25, 0.3) is 0 Å².